The maximum absolute atomic E-state index is 13.9. The minimum Gasteiger partial charge on any atom is -0.378 e. The van der Waals surface area contributed by atoms with E-state index >= 15 is 0 Å². The van der Waals surface area contributed by atoms with Crippen LogP contribution >= 0.6 is 11.6 Å². The highest BCUT2D eigenvalue weighted by Crippen LogP contribution is 2.27. The number of fused-ring (bicyclic) bond motifs is 1. The molecule has 0 atom stereocenters. The Bertz CT molecular complexity index is 593. The second kappa shape index (κ2) is 4.40. The molecule has 0 amide bonds. The first-order valence-corrected chi connectivity index (χ1v) is 6.21. The predicted molar refractivity (Wildman–Crippen MR) is 67.9 cm³/mol. The molecule has 0 radical (unpaired) electrons. The van der Waals surface area contributed by atoms with Crippen LogP contribution in [0, 0.1) is 12.9 Å². The number of pyridine rings is 1. The molecule has 0 spiro atoms. The molecule has 1 aliphatic heterocycles. The number of aryl methyl sites for hydroxylation is 1. The topological polar surface area (TPSA) is 29.8 Å². The van der Waals surface area contributed by atoms with Gasteiger partial charge >= 0.3 is 0 Å². The summed E-state index contributed by atoms with van der Waals surface area (Å²) in [6, 6.07) is 1.83. The van der Waals surface area contributed by atoms with E-state index in [9.17, 15) is 4.39 Å². The summed E-state index contributed by atoms with van der Waals surface area (Å²) in [4.78, 5) is 6.40. The Labute approximate surface area is 109 Å². The lowest BCUT2D eigenvalue weighted by Gasteiger charge is -2.29. The second-order valence-electron chi connectivity index (χ2n) is 4.32. The van der Waals surface area contributed by atoms with Crippen molar-refractivity contribution < 1.29 is 9.13 Å². The van der Waals surface area contributed by atoms with Gasteiger partial charge in [-0.25, -0.2) is 4.98 Å². The summed E-state index contributed by atoms with van der Waals surface area (Å²) < 4.78 is 20.6. The van der Waals surface area contributed by atoms with Crippen LogP contribution in [0.4, 0.5) is 10.1 Å². The normalized spacial score (nSPS) is 16.5. The molecular formula is C12H13ClFN3O. The molecule has 3 heterocycles. The third kappa shape index (κ3) is 1.83. The van der Waals surface area contributed by atoms with Gasteiger partial charge in [-0.05, 0) is 13.0 Å². The summed E-state index contributed by atoms with van der Waals surface area (Å²) in [5.74, 6) is -0.359. The van der Waals surface area contributed by atoms with E-state index in [2.05, 4.69) is 9.88 Å². The van der Waals surface area contributed by atoms with Gasteiger partial charge in [0.2, 0.25) is 5.95 Å². The van der Waals surface area contributed by atoms with Crippen molar-refractivity contribution in [1.29, 1.82) is 0 Å². The van der Waals surface area contributed by atoms with Crippen LogP contribution in [-0.4, -0.2) is 35.7 Å². The molecule has 2 aromatic rings. The molecule has 4 nitrogen and oxygen atoms in total. The summed E-state index contributed by atoms with van der Waals surface area (Å²) in [6.45, 7) is 4.52. The Morgan fingerprint density at radius 2 is 2.11 bits per heavy atom. The van der Waals surface area contributed by atoms with Crippen LogP contribution < -0.4 is 4.90 Å². The van der Waals surface area contributed by atoms with Gasteiger partial charge in [0.1, 0.15) is 0 Å². The average molecular weight is 270 g/mol. The van der Waals surface area contributed by atoms with Crippen molar-refractivity contribution in [2.75, 3.05) is 31.2 Å². The molecule has 96 valence electrons. The Morgan fingerprint density at radius 3 is 2.83 bits per heavy atom. The number of halogens is 2. The molecular weight excluding hydrogens is 257 g/mol. The fraction of sp³-hybridized carbons (Fsp3) is 0.417. The molecule has 0 unspecified atom stereocenters. The largest absolute Gasteiger partial charge is 0.378 e. The molecule has 3 rings (SSSR count). The van der Waals surface area contributed by atoms with E-state index in [1.165, 1.54) is 4.40 Å². The summed E-state index contributed by atoms with van der Waals surface area (Å²) >= 11 is 6.05. The number of hydrogen-bond donors (Lipinski definition) is 0. The van der Waals surface area contributed by atoms with Crippen molar-refractivity contribution in [3.05, 3.63) is 28.9 Å². The van der Waals surface area contributed by atoms with Gasteiger partial charge in [0.05, 0.1) is 29.6 Å². The third-order valence-electron chi connectivity index (χ3n) is 3.12. The van der Waals surface area contributed by atoms with Gasteiger partial charge in [-0.3, -0.25) is 4.40 Å². The number of aromatic nitrogens is 2. The molecule has 6 heteroatoms. The summed E-state index contributed by atoms with van der Waals surface area (Å²) in [6.07, 6.45) is 1.55. The van der Waals surface area contributed by atoms with Gasteiger partial charge < -0.3 is 9.64 Å². The van der Waals surface area contributed by atoms with E-state index in [0.717, 1.165) is 18.8 Å². The van der Waals surface area contributed by atoms with Crippen LogP contribution in [0.3, 0.4) is 0 Å². The maximum Gasteiger partial charge on any atom is 0.220 e. The zero-order valence-corrected chi connectivity index (χ0v) is 10.7. The zero-order valence-electron chi connectivity index (χ0n) is 9.99. The first kappa shape index (κ1) is 11.7. The Hall–Kier alpha value is -1.33. The van der Waals surface area contributed by atoms with Crippen molar-refractivity contribution in [2.24, 2.45) is 0 Å². The predicted octanol–water partition coefficient (Wildman–Crippen LogP) is 2.27. The van der Waals surface area contributed by atoms with Crippen LogP contribution in [0.2, 0.25) is 5.02 Å². The number of ether oxygens (including phenoxy) is 1. The zero-order chi connectivity index (χ0) is 12.7. The van der Waals surface area contributed by atoms with E-state index in [0.29, 0.717) is 29.6 Å². The molecule has 1 fully saturated rings. The minimum atomic E-state index is -0.359. The van der Waals surface area contributed by atoms with Crippen LogP contribution in [-0.2, 0) is 4.74 Å². The maximum atomic E-state index is 13.9. The SMILES string of the molecule is Cc1nc2c(N3CCOCC3)cc(Cl)cn2c1F. The van der Waals surface area contributed by atoms with Crippen molar-refractivity contribution in [2.45, 2.75) is 6.92 Å². The summed E-state index contributed by atoms with van der Waals surface area (Å²) in [5.41, 5.74) is 1.85. The molecule has 0 bridgehead atoms. The van der Waals surface area contributed by atoms with Gasteiger partial charge in [0.25, 0.3) is 0 Å². The van der Waals surface area contributed by atoms with Crippen molar-refractivity contribution in [1.82, 2.24) is 9.38 Å². The standard InChI is InChI=1S/C12H13ClFN3O/c1-8-11(14)17-7-9(13)6-10(12(17)15-8)16-2-4-18-5-3-16/h6-7H,2-5H2,1H3. The molecule has 0 aliphatic carbocycles. The Morgan fingerprint density at radius 1 is 1.39 bits per heavy atom. The lowest BCUT2D eigenvalue weighted by molar-refractivity contribution is 0.123. The second-order valence-corrected chi connectivity index (χ2v) is 4.76. The Kier molecular flexibility index (Phi) is 2.87. The van der Waals surface area contributed by atoms with E-state index in [-0.39, 0.29) is 5.95 Å². The van der Waals surface area contributed by atoms with E-state index < -0.39 is 0 Å². The summed E-state index contributed by atoms with van der Waals surface area (Å²) in [5, 5.41) is 0.500. The van der Waals surface area contributed by atoms with Gasteiger partial charge in [0.15, 0.2) is 5.65 Å². The highest BCUT2D eigenvalue weighted by atomic mass is 35.5. The van der Waals surface area contributed by atoms with Crippen molar-refractivity contribution in [3.8, 4) is 0 Å². The first-order valence-electron chi connectivity index (χ1n) is 5.83. The molecule has 18 heavy (non-hydrogen) atoms. The van der Waals surface area contributed by atoms with Crippen LogP contribution in [0.5, 0.6) is 0 Å². The van der Waals surface area contributed by atoms with Crippen molar-refractivity contribution >= 4 is 22.9 Å². The fourth-order valence-electron chi connectivity index (χ4n) is 2.22. The molecule has 0 aromatic carbocycles. The molecule has 0 N–H and O–H groups in total. The van der Waals surface area contributed by atoms with Crippen molar-refractivity contribution in [3.63, 3.8) is 0 Å². The van der Waals surface area contributed by atoms with E-state index in [1.54, 1.807) is 13.1 Å². The van der Waals surface area contributed by atoms with Gasteiger partial charge in [-0.15, -0.1) is 0 Å². The molecule has 2 aromatic heterocycles. The number of anilines is 1. The lowest BCUT2D eigenvalue weighted by Crippen LogP contribution is -2.36. The number of rotatable bonds is 1. The number of imidazole rings is 1. The fourth-order valence-corrected chi connectivity index (χ4v) is 2.42. The van der Waals surface area contributed by atoms with E-state index in [4.69, 9.17) is 16.3 Å². The Balaban J connectivity index is 2.17. The number of morpholine rings is 1. The summed E-state index contributed by atoms with van der Waals surface area (Å²) in [7, 11) is 0. The minimum absolute atomic E-state index is 0.359. The monoisotopic (exact) mass is 269 g/mol. The van der Waals surface area contributed by atoms with Crippen LogP contribution in [0.25, 0.3) is 5.65 Å². The third-order valence-corrected chi connectivity index (χ3v) is 3.33. The van der Waals surface area contributed by atoms with Gasteiger partial charge in [-0.1, -0.05) is 11.6 Å². The number of nitrogens with zero attached hydrogens (tertiary/aromatic N) is 3. The lowest BCUT2D eigenvalue weighted by atomic mass is 10.3. The van der Waals surface area contributed by atoms with Gasteiger partial charge in [0, 0.05) is 19.3 Å². The van der Waals surface area contributed by atoms with Crippen LogP contribution in [0.15, 0.2) is 12.3 Å². The molecule has 0 saturated carbocycles. The van der Waals surface area contributed by atoms with E-state index in [1.807, 2.05) is 6.07 Å². The molecule has 1 aliphatic rings. The smallest absolute Gasteiger partial charge is 0.220 e. The average Bonchev–Trinajstić information content (AvgIpc) is 2.66. The highest BCUT2D eigenvalue weighted by molar-refractivity contribution is 6.30. The van der Waals surface area contributed by atoms with Gasteiger partial charge in [-0.2, -0.15) is 4.39 Å². The molecule has 1 saturated heterocycles. The number of hydrogen-bond acceptors (Lipinski definition) is 3. The van der Waals surface area contributed by atoms with Crippen LogP contribution in [0.1, 0.15) is 5.69 Å². The quantitative estimate of drug-likeness (QED) is 0.795. The first-order chi connectivity index (χ1) is 8.66. The highest BCUT2D eigenvalue weighted by Gasteiger charge is 2.19.